The van der Waals surface area contributed by atoms with Gasteiger partial charge in [-0.15, -0.1) is 0 Å². The van der Waals surface area contributed by atoms with E-state index in [1.54, 1.807) is 6.07 Å². The van der Waals surface area contributed by atoms with Gasteiger partial charge in [0.1, 0.15) is 0 Å². The van der Waals surface area contributed by atoms with Gasteiger partial charge < -0.3 is 24.1 Å². The van der Waals surface area contributed by atoms with Gasteiger partial charge >= 0.3 is 5.97 Å². The number of ether oxygens (including phenoxy) is 4. The molecule has 0 amide bonds. The summed E-state index contributed by atoms with van der Waals surface area (Å²) in [7, 11) is 0. The van der Waals surface area contributed by atoms with Gasteiger partial charge in [-0.05, 0) is 24.6 Å². The molecule has 0 aliphatic carbocycles. The van der Waals surface area contributed by atoms with Gasteiger partial charge in [-0.1, -0.05) is 0 Å². The first-order valence-corrected chi connectivity index (χ1v) is 7.56. The van der Waals surface area contributed by atoms with Crippen molar-refractivity contribution in [3.8, 4) is 11.5 Å². The van der Waals surface area contributed by atoms with Crippen LogP contribution in [0, 0.1) is 0 Å². The average molecular weight is 310 g/mol. The topological polar surface area (TPSA) is 74.2 Å². The lowest BCUT2D eigenvalue weighted by Gasteiger charge is -2.13. The van der Waals surface area contributed by atoms with Gasteiger partial charge in [0, 0.05) is 39.3 Å². The number of hydrogen-bond donors (Lipinski definition) is 1. The molecular formula is C16H22O6. The molecule has 0 aromatic heterocycles. The van der Waals surface area contributed by atoms with E-state index in [1.165, 1.54) is 12.1 Å². The average Bonchev–Trinajstić information content (AvgIpc) is 2.52. The quantitative estimate of drug-likeness (QED) is 0.858. The maximum Gasteiger partial charge on any atom is 0.335 e. The molecule has 0 radical (unpaired) electrons. The van der Waals surface area contributed by atoms with Crippen LogP contribution in [0.25, 0.3) is 0 Å². The van der Waals surface area contributed by atoms with E-state index in [0.29, 0.717) is 51.1 Å². The van der Waals surface area contributed by atoms with E-state index in [4.69, 9.17) is 24.1 Å². The first-order valence-electron chi connectivity index (χ1n) is 7.56. The number of hydrogen-bond acceptors (Lipinski definition) is 5. The fourth-order valence-electron chi connectivity index (χ4n) is 2.03. The zero-order valence-corrected chi connectivity index (χ0v) is 12.6. The van der Waals surface area contributed by atoms with Gasteiger partial charge in [0.05, 0.1) is 18.8 Å². The van der Waals surface area contributed by atoms with Crippen molar-refractivity contribution in [2.75, 3.05) is 39.6 Å². The standard InChI is InChI=1S/C16H22O6/c17-16(18)13-4-5-14-15(12-13)22-11-3-9-20-7-1-6-19-8-2-10-21-14/h4-5,12H,1-3,6-11H2,(H,17,18). The Morgan fingerprint density at radius 1 is 0.818 bits per heavy atom. The first kappa shape index (κ1) is 16.6. The minimum atomic E-state index is -0.987. The Morgan fingerprint density at radius 3 is 1.95 bits per heavy atom. The third-order valence-corrected chi connectivity index (χ3v) is 3.15. The number of carboxylic acid groups (broad SMARTS) is 1. The minimum Gasteiger partial charge on any atom is -0.490 e. The van der Waals surface area contributed by atoms with Crippen LogP contribution < -0.4 is 9.47 Å². The summed E-state index contributed by atoms with van der Waals surface area (Å²) >= 11 is 0. The highest BCUT2D eigenvalue weighted by Gasteiger charge is 2.11. The molecule has 1 aliphatic heterocycles. The Labute approximate surface area is 129 Å². The fraction of sp³-hybridized carbons (Fsp3) is 0.562. The summed E-state index contributed by atoms with van der Waals surface area (Å²) in [4.78, 5) is 11.1. The second-order valence-corrected chi connectivity index (χ2v) is 4.95. The molecule has 122 valence electrons. The maximum atomic E-state index is 11.1. The van der Waals surface area contributed by atoms with Crippen molar-refractivity contribution >= 4 is 5.97 Å². The molecule has 0 bridgehead atoms. The Balaban J connectivity index is 2.02. The van der Waals surface area contributed by atoms with E-state index in [0.717, 1.165) is 19.3 Å². The number of rotatable bonds is 1. The summed E-state index contributed by atoms with van der Waals surface area (Å²) in [6.45, 7) is 3.55. The first-order chi connectivity index (χ1) is 10.8. The van der Waals surface area contributed by atoms with Crippen LogP contribution in [0.2, 0.25) is 0 Å². The highest BCUT2D eigenvalue weighted by Crippen LogP contribution is 2.29. The third-order valence-electron chi connectivity index (χ3n) is 3.15. The van der Waals surface area contributed by atoms with E-state index in [1.807, 2.05) is 0 Å². The Morgan fingerprint density at radius 2 is 1.36 bits per heavy atom. The van der Waals surface area contributed by atoms with Crippen LogP contribution in [0.4, 0.5) is 0 Å². The van der Waals surface area contributed by atoms with Crippen molar-refractivity contribution < 1.29 is 28.8 Å². The lowest BCUT2D eigenvalue weighted by Crippen LogP contribution is -2.07. The van der Waals surface area contributed by atoms with Gasteiger partial charge in [0.2, 0.25) is 0 Å². The maximum absolute atomic E-state index is 11.1. The second-order valence-electron chi connectivity index (χ2n) is 4.95. The molecule has 0 atom stereocenters. The number of benzene rings is 1. The van der Waals surface area contributed by atoms with E-state index in [-0.39, 0.29) is 5.56 Å². The molecule has 1 aromatic rings. The third kappa shape index (κ3) is 5.54. The van der Waals surface area contributed by atoms with Gasteiger partial charge in [-0.3, -0.25) is 0 Å². The SMILES string of the molecule is O=C(O)c1ccc2c(c1)OCCCOCCCOCCCO2. The van der Waals surface area contributed by atoms with Crippen molar-refractivity contribution in [1.82, 2.24) is 0 Å². The molecule has 1 N–H and O–H groups in total. The molecule has 6 nitrogen and oxygen atoms in total. The number of carbonyl (C=O) groups is 1. The fourth-order valence-corrected chi connectivity index (χ4v) is 2.03. The molecule has 1 heterocycles. The van der Waals surface area contributed by atoms with E-state index < -0.39 is 5.97 Å². The van der Waals surface area contributed by atoms with E-state index in [9.17, 15) is 4.79 Å². The van der Waals surface area contributed by atoms with Crippen LogP contribution in [-0.2, 0) is 9.47 Å². The molecule has 2 rings (SSSR count). The zero-order chi connectivity index (χ0) is 15.6. The molecule has 0 saturated carbocycles. The van der Waals surface area contributed by atoms with Crippen LogP contribution in [-0.4, -0.2) is 50.7 Å². The van der Waals surface area contributed by atoms with Gasteiger partial charge in [0.25, 0.3) is 0 Å². The van der Waals surface area contributed by atoms with Crippen LogP contribution in [0.3, 0.4) is 0 Å². The van der Waals surface area contributed by atoms with Crippen LogP contribution in [0.5, 0.6) is 11.5 Å². The molecule has 0 saturated heterocycles. The van der Waals surface area contributed by atoms with Crippen molar-refractivity contribution in [1.29, 1.82) is 0 Å². The monoisotopic (exact) mass is 310 g/mol. The van der Waals surface area contributed by atoms with Crippen LogP contribution >= 0.6 is 0 Å². The molecule has 1 aromatic carbocycles. The summed E-state index contributed by atoms with van der Waals surface area (Å²) in [5.41, 5.74) is 0.180. The Kier molecular flexibility index (Phi) is 6.99. The van der Waals surface area contributed by atoms with E-state index >= 15 is 0 Å². The highest BCUT2D eigenvalue weighted by atomic mass is 16.5. The van der Waals surface area contributed by atoms with Crippen molar-refractivity contribution in [3.05, 3.63) is 23.8 Å². The van der Waals surface area contributed by atoms with Gasteiger partial charge in [-0.2, -0.15) is 0 Å². The highest BCUT2D eigenvalue weighted by molar-refractivity contribution is 5.88. The smallest absolute Gasteiger partial charge is 0.335 e. The van der Waals surface area contributed by atoms with Gasteiger partial charge in [-0.25, -0.2) is 4.79 Å². The van der Waals surface area contributed by atoms with Gasteiger partial charge in [0.15, 0.2) is 11.5 Å². The normalized spacial score (nSPS) is 18.0. The predicted octanol–water partition coefficient (Wildman–Crippen LogP) is 2.36. The van der Waals surface area contributed by atoms with Crippen LogP contribution in [0.1, 0.15) is 29.6 Å². The zero-order valence-electron chi connectivity index (χ0n) is 12.6. The summed E-state index contributed by atoms with van der Waals surface area (Å²) in [5, 5.41) is 9.06. The lowest BCUT2D eigenvalue weighted by atomic mass is 10.2. The summed E-state index contributed by atoms with van der Waals surface area (Å²) in [6, 6.07) is 4.64. The second kappa shape index (κ2) is 9.27. The van der Waals surface area contributed by atoms with Crippen molar-refractivity contribution in [2.24, 2.45) is 0 Å². The predicted molar refractivity (Wildman–Crippen MR) is 79.9 cm³/mol. The summed E-state index contributed by atoms with van der Waals surface area (Å²) in [6.07, 6.45) is 2.38. The molecule has 0 unspecified atom stereocenters. The number of aromatic carboxylic acids is 1. The summed E-state index contributed by atoms with van der Waals surface area (Å²) < 4.78 is 22.3. The molecule has 6 heteroatoms. The van der Waals surface area contributed by atoms with Crippen molar-refractivity contribution in [3.63, 3.8) is 0 Å². The molecule has 1 aliphatic rings. The molecule has 0 spiro atoms. The van der Waals surface area contributed by atoms with E-state index in [2.05, 4.69) is 0 Å². The minimum absolute atomic E-state index is 0.180. The Hall–Kier alpha value is -1.79. The molecule has 22 heavy (non-hydrogen) atoms. The molecular weight excluding hydrogens is 288 g/mol. The Bertz CT molecular complexity index is 474. The molecule has 0 fully saturated rings. The number of fused-ring (bicyclic) bond motifs is 1. The lowest BCUT2D eigenvalue weighted by molar-refractivity contribution is 0.0695. The largest absolute Gasteiger partial charge is 0.490 e. The summed E-state index contributed by atoms with van der Waals surface area (Å²) in [5.74, 6) is 0.0236. The van der Waals surface area contributed by atoms with Crippen molar-refractivity contribution in [2.45, 2.75) is 19.3 Å². The number of carboxylic acids is 1. The van der Waals surface area contributed by atoms with Crippen LogP contribution in [0.15, 0.2) is 18.2 Å².